The third-order valence-corrected chi connectivity index (χ3v) is 7.07. The van der Waals surface area contributed by atoms with E-state index in [-0.39, 0.29) is 23.1 Å². The fraction of sp³-hybridized carbons (Fsp3) is 0.364. The number of carbonyl (C=O) groups excluding carboxylic acids is 2. The maximum absolute atomic E-state index is 13.1. The number of rotatable bonds is 6. The molecule has 0 radical (unpaired) electrons. The lowest BCUT2D eigenvalue weighted by molar-refractivity contribution is -0.122. The molecule has 0 fully saturated rings. The molecule has 0 aliphatic carbocycles. The number of nitrogens with one attached hydrogen (secondary N) is 2. The van der Waals surface area contributed by atoms with Crippen LogP contribution in [0, 0.1) is 6.92 Å². The van der Waals surface area contributed by atoms with E-state index >= 15 is 0 Å². The van der Waals surface area contributed by atoms with E-state index in [2.05, 4.69) is 24.5 Å². The number of fused-ring (bicyclic) bond motifs is 1. The number of anilines is 2. The molecule has 0 spiro atoms. The van der Waals surface area contributed by atoms with Crippen molar-refractivity contribution in [1.82, 2.24) is 4.31 Å². The van der Waals surface area contributed by atoms with Gasteiger partial charge in [0, 0.05) is 18.8 Å². The number of aryl methyl sites for hydroxylation is 1. The fourth-order valence-corrected chi connectivity index (χ4v) is 4.57. The Morgan fingerprint density at radius 1 is 1.23 bits per heavy atom. The Kier molecular flexibility index (Phi) is 6.38. The second-order valence-electron chi connectivity index (χ2n) is 7.95. The zero-order valence-corrected chi connectivity index (χ0v) is 19.0. The molecule has 0 bridgehead atoms. The molecule has 0 aromatic heterocycles. The van der Waals surface area contributed by atoms with Crippen molar-refractivity contribution in [1.29, 1.82) is 0 Å². The number of amides is 2. The average Bonchev–Trinajstić information content (AvgIpc) is 2.69. The standard InChI is InChI=1S/C22H27N3O5S/c1-13(2)16-6-8-17(9-7-16)23-21(26)12-25(5)31(28,29)20-11-19-18(10-14(20)3)24-22(27)15(4)30-19/h6-11,13,15H,12H2,1-5H3,(H,23,26)(H,24,27)/t15-/m0/s1. The molecule has 3 rings (SSSR count). The van der Waals surface area contributed by atoms with Crippen LogP contribution in [0.3, 0.4) is 0 Å². The van der Waals surface area contributed by atoms with Crippen molar-refractivity contribution >= 4 is 33.2 Å². The van der Waals surface area contributed by atoms with Gasteiger partial charge in [0.2, 0.25) is 15.9 Å². The minimum atomic E-state index is -3.96. The zero-order chi connectivity index (χ0) is 22.9. The van der Waals surface area contributed by atoms with Crippen LogP contribution in [-0.4, -0.2) is 44.2 Å². The van der Waals surface area contributed by atoms with Crippen molar-refractivity contribution in [2.45, 2.75) is 44.6 Å². The van der Waals surface area contributed by atoms with Crippen LogP contribution in [0.4, 0.5) is 11.4 Å². The summed E-state index contributed by atoms with van der Waals surface area (Å²) < 4.78 is 32.7. The maximum Gasteiger partial charge on any atom is 0.265 e. The Bertz CT molecular complexity index is 1110. The molecule has 2 aromatic rings. The topological polar surface area (TPSA) is 105 Å². The summed E-state index contributed by atoms with van der Waals surface area (Å²) in [5, 5.41) is 5.41. The number of hydrogen-bond donors (Lipinski definition) is 2. The van der Waals surface area contributed by atoms with Crippen LogP contribution in [0.5, 0.6) is 5.75 Å². The summed E-state index contributed by atoms with van der Waals surface area (Å²) in [5.41, 5.74) is 2.61. The minimum Gasteiger partial charge on any atom is -0.479 e. The first-order valence-electron chi connectivity index (χ1n) is 9.97. The summed E-state index contributed by atoms with van der Waals surface area (Å²) in [6, 6.07) is 10.4. The highest BCUT2D eigenvalue weighted by atomic mass is 32.2. The van der Waals surface area contributed by atoms with Gasteiger partial charge >= 0.3 is 0 Å². The summed E-state index contributed by atoms with van der Waals surface area (Å²) >= 11 is 0. The molecular formula is C22H27N3O5S. The SMILES string of the molecule is Cc1cc2c(cc1S(=O)(=O)N(C)CC(=O)Nc1ccc(C(C)C)cc1)O[C@@H](C)C(=O)N2. The molecule has 0 saturated carbocycles. The Morgan fingerprint density at radius 3 is 2.48 bits per heavy atom. The minimum absolute atomic E-state index is 0.0196. The predicted molar refractivity (Wildman–Crippen MR) is 119 cm³/mol. The predicted octanol–water partition coefficient (Wildman–Crippen LogP) is 3.10. The summed E-state index contributed by atoms with van der Waals surface area (Å²) in [4.78, 5) is 24.2. The van der Waals surface area contributed by atoms with Crippen molar-refractivity contribution in [3.05, 3.63) is 47.5 Å². The highest BCUT2D eigenvalue weighted by Gasteiger charge is 2.30. The van der Waals surface area contributed by atoms with Crippen molar-refractivity contribution in [3.63, 3.8) is 0 Å². The number of carbonyl (C=O) groups is 2. The van der Waals surface area contributed by atoms with Crippen LogP contribution < -0.4 is 15.4 Å². The normalized spacial score (nSPS) is 16.0. The quantitative estimate of drug-likeness (QED) is 0.711. The Hall–Kier alpha value is -2.91. The monoisotopic (exact) mass is 445 g/mol. The van der Waals surface area contributed by atoms with Crippen molar-refractivity contribution in [2.75, 3.05) is 24.2 Å². The molecule has 166 valence electrons. The molecular weight excluding hydrogens is 418 g/mol. The fourth-order valence-electron chi connectivity index (χ4n) is 3.23. The van der Waals surface area contributed by atoms with Crippen molar-refractivity contribution < 1.29 is 22.7 Å². The highest BCUT2D eigenvalue weighted by molar-refractivity contribution is 7.89. The van der Waals surface area contributed by atoms with Crippen LogP contribution >= 0.6 is 0 Å². The molecule has 9 heteroatoms. The smallest absolute Gasteiger partial charge is 0.265 e. The van der Waals surface area contributed by atoms with Gasteiger partial charge in [-0.25, -0.2) is 8.42 Å². The lowest BCUT2D eigenvalue weighted by atomic mass is 10.0. The van der Waals surface area contributed by atoms with Gasteiger partial charge in [-0.2, -0.15) is 4.31 Å². The van der Waals surface area contributed by atoms with Crippen LogP contribution in [0.1, 0.15) is 37.8 Å². The number of nitrogens with zero attached hydrogens (tertiary/aromatic N) is 1. The maximum atomic E-state index is 13.1. The van der Waals surface area contributed by atoms with E-state index in [0.717, 1.165) is 9.87 Å². The van der Waals surface area contributed by atoms with Gasteiger partial charge in [-0.05, 0) is 49.1 Å². The van der Waals surface area contributed by atoms with E-state index in [1.807, 2.05) is 12.1 Å². The van der Waals surface area contributed by atoms with Crippen LogP contribution in [0.25, 0.3) is 0 Å². The van der Waals surface area contributed by atoms with E-state index in [1.165, 1.54) is 13.1 Å². The summed E-state index contributed by atoms with van der Waals surface area (Å²) in [6.07, 6.45) is -0.726. The van der Waals surface area contributed by atoms with Crippen molar-refractivity contribution in [3.8, 4) is 5.75 Å². The van der Waals surface area contributed by atoms with Gasteiger partial charge in [-0.3, -0.25) is 9.59 Å². The number of likely N-dealkylation sites (N-methyl/N-ethyl adjacent to an activating group) is 1. The Balaban J connectivity index is 1.75. The zero-order valence-electron chi connectivity index (χ0n) is 18.2. The van der Waals surface area contributed by atoms with Crippen LogP contribution in [0.2, 0.25) is 0 Å². The number of benzene rings is 2. The molecule has 0 unspecified atom stereocenters. The molecule has 1 atom stereocenters. The number of hydrogen-bond acceptors (Lipinski definition) is 5. The summed E-state index contributed by atoms with van der Waals surface area (Å²) in [6.45, 7) is 7.02. The second kappa shape index (κ2) is 8.68. The summed E-state index contributed by atoms with van der Waals surface area (Å²) in [5.74, 6) is -0.0885. The Morgan fingerprint density at radius 2 is 1.87 bits per heavy atom. The van der Waals surface area contributed by atoms with Crippen LogP contribution in [0.15, 0.2) is 41.3 Å². The lowest BCUT2D eigenvalue weighted by Crippen LogP contribution is -2.36. The van der Waals surface area contributed by atoms with Crippen molar-refractivity contribution in [2.24, 2.45) is 0 Å². The first-order valence-corrected chi connectivity index (χ1v) is 11.4. The van der Waals surface area contributed by atoms with E-state index < -0.39 is 22.0 Å². The molecule has 31 heavy (non-hydrogen) atoms. The van der Waals surface area contributed by atoms with Gasteiger partial charge in [0.1, 0.15) is 5.75 Å². The molecule has 0 saturated heterocycles. The molecule has 1 aliphatic rings. The molecule has 2 amide bonds. The van der Waals surface area contributed by atoms with E-state index in [0.29, 0.717) is 22.9 Å². The third-order valence-electron chi connectivity index (χ3n) is 5.12. The van der Waals surface area contributed by atoms with Gasteiger partial charge in [-0.15, -0.1) is 0 Å². The Labute approximate surface area is 182 Å². The largest absolute Gasteiger partial charge is 0.479 e. The molecule has 1 heterocycles. The van der Waals surface area contributed by atoms with Gasteiger partial charge in [0.15, 0.2) is 6.10 Å². The van der Waals surface area contributed by atoms with E-state index in [1.54, 1.807) is 32.0 Å². The van der Waals surface area contributed by atoms with Gasteiger partial charge in [0.05, 0.1) is 17.1 Å². The molecule has 8 nitrogen and oxygen atoms in total. The van der Waals surface area contributed by atoms with Crippen LogP contribution in [-0.2, 0) is 19.6 Å². The van der Waals surface area contributed by atoms with E-state index in [4.69, 9.17) is 4.74 Å². The van der Waals surface area contributed by atoms with Gasteiger partial charge < -0.3 is 15.4 Å². The summed E-state index contributed by atoms with van der Waals surface area (Å²) in [7, 11) is -2.61. The highest BCUT2D eigenvalue weighted by Crippen LogP contribution is 2.35. The van der Waals surface area contributed by atoms with Gasteiger partial charge in [-0.1, -0.05) is 26.0 Å². The molecule has 2 N–H and O–H groups in total. The lowest BCUT2D eigenvalue weighted by Gasteiger charge is -2.25. The first kappa shape index (κ1) is 22.8. The average molecular weight is 446 g/mol. The number of sulfonamides is 1. The third kappa shape index (κ3) is 4.88. The van der Waals surface area contributed by atoms with Gasteiger partial charge in [0.25, 0.3) is 5.91 Å². The first-order chi connectivity index (χ1) is 14.5. The number of ether oxygens (including phenoxy) is 1. The molecule has 1 aliphatic heterocycles. The second-order valence-corrected chi connectivity index (χ2v) is 9.96. The van der Waals surface area contributed by atoms with E-state index in [9.17, 15) is 18.0 Å². The molecule has 2 aromatic carbocycles.